The van der Waals surface area contributed by atoms with Crippen LogP contribution in [0.3, 0.4) is 0 Å². The molecule has 0 aliphatic carbocycles. The standard InChI is InChI=1S/C11H13N3O4/c1-7(10(15)16)18-9-4-2-8(3-5-9)6-13-14-11(12)17/h2-7H,1H3,(H,15,16)(H3,12,14,17)/b13-6-/t7-/m0/s1. The summed E-state index contributed by atoms with van der Waals surface area (Å²) in [7, 11) is 0. The van der Waals surface area contributed by atoms with Gasteiger partial charge in [0, 0.05) is 0 Å². The van der Waals surface area contributed by atoms with Crippen molar-refractivity contribution >= 4 is 18.2 Å². The minimum absolute atomic E-state index is 0.435. The highest BCUT2D eigenvalue weighted by Crippen LogP contribution is 2.13. The van der Waals surface area contributed by atoms with Crippen LogP contribution in [0.4, 0.5) is 4.79 Å². The van der Waals surface area contributed by atoms with Crippen LogP contribution in [0.1, 0.15) is 12.5 Å². The third-order valence-electron chi connectivity index (χ3n) is 1.93. The number of carboxylic acids is 1. The van der Waals surface area contributed by atoms with E-state index >= 15 is 0 Å². The van der Waals surface area contributed by atoms with E-state index in [1.807, 2.05) is 0 Å². The minimum Gasteiger partial charge on any atom is -0.479 e. The van der Waals surface area contributed by atoms with Crippen LogP contribution in [0.5, 0.6) is 5.75 Å². The first-order valence-electron chi connectivity index (χ1n) is 5.07. The summed E-state index contributed by atoms with van der Waals surface area (Å²) >= 11 is 0. The first-order chi connectivity index (χ1) is 8.49. The number of carbonyl (C=O) groups is 2. The molecule has 0 saturated heterocycles. The summed E-state index contributed by atoms with van der Waals surface area (Å²) in [4.78, 5) is 20.9. The van der Waals surface area contributed by atoms with E-state index in [2.05, 4.69) is 10.5 Å². The minimum atomic E-state index is -1.04. The normalized spacial score (nSPS) is 12.1. The van der Waals surface area contributed by atoms with Crippen LogP contribution in [0.25, 0.3) is 0 Å². The van der Waals surface area contributed by atoms with Crippen molar-refractivity contribution in [2.24, 2.45) is 10.8 Å². The number of hydrogen-bond donors (Lipinski definition) is 3. The van der Waals surface area contributed by atoms with Gasteiger partial charge >= 0.3 is 12.0 Å². The molecule has 0 radical (unpaired) electrons. The number of ether oxygens (including phenoxy) is 1. The second-order valence-electron chi connectivity index (χ2n) is 3.40. The van der Waals surface area contributed by atoms with E-state index in [-0.39, 0.29) is 0 Å². The van der Waals surface area contributed by atoms with Gasteiger partial charge in [-0.05, 0) is 36.8 Å². The van der Waals surface area contributed by atoms with Crippen molar-refractivity contribution in [3.63, 3.8) is 0 Å². The van der Waals surface area contributed by atoms with Crippen LogP contribution in [0.15, 0.2) is 29.4 Å². The van der Waals surface area contributed by atoms with Gasteiger partial charge in [0.05, 0.1) is 6.21 Å². The van der Waals surface area contributed by atoms with Gasteiger partial charge in [0.15, 0.2) is 6.10 Å². The number of aliphatic carboxylic acids is 1. The van der Waals surface area contributed by atoms with E-state index < -0.39 is 18.1 Å². The van der Waals surface area contributed by atoms with E-state index in [0.29, 0.717) is 11.3 Å². The maximum atomic E-state index is 10.6. The van der Waals surface area contributed by atoms with Gasteiger partial charge in [-0.3, -0.25) is 0 Å². The first-order valence-corrected chi connectivity index (χ1v) is 5.07. The number of nitrogens with one attached hydrogen (secondary N) is 1. The van der Waals surface area contributed by atoms with E-state index in [4.69, 9.17) is 15.6 Å². The number of carboxylic acid groups (broad SMARTS) is 1. The summed E-state index contributed by atoms with van der Waals surface area (Å²) in [5, 5.41) is 12.2. The van der Waals surface area contributed by atoms with Crippen molar-refractivity contribution in [3.8, 4) is 5.75 Å². The monoisotopic (exact) mass is 251 g/mol. The Balaban J connectivity index is 2.60. The lowest BCUT2D eigenvalue weighted by atomic mass is 10.2. The van der Waals surface area contributed by atoms with Crippen molar-refractivity contribution < 1.29 is 19.4 Å². The van der Waals surface area contributed by atoms with Gasteiger partial charge in [-0.25, -0.2) is 15.0 Å². The fourth-order valence-corrected chi connectivity index (χ4v) is 1.06. The second-order valence-corrected chi connectivity index (χ2v) is 3.40. The molecule has 1 aromatic rings. The molecule has 0 saturated carbocycles. The molecule has 0 aromatic heterocycles. The molecule has 0 aliphatic heterocycles. The number of rotatable bonds is 5. The van der Waals surface area contributed by atoms with E-state index in [9.17, 15) is 9.59 Å². The number of nitrogens with zero attached hydrogens (tertiary/aromatic N) is 1. The topological polar surface area (TPSA) is 114 Å². The fourth-order valence-electron chi connectivity index (χ4n) is 1.06. The molecule has 0 unspecified atom stereocenters. The summed E-state index contributed by atoms with van der Waals surface area (Å²) in [5.41, 5.74) is 7.59. The number of amides is 2. The van der Waals surface area contributed by atoms with Crippen molar-refractivity contribution in [1.82, 2.24) is 5.43 Å². The molecule has 1 aromatic carbocycles. The molecule has 7 nitrogen and oxygen atoms in total. The van der Waals surface area contributed by atoms with Crippen molar-refractivity contribution in [3.05, 3.63) is 29.8 Å². The van der Waals surface area contributed by atoms with Crippen LogP contribution in [-0.4, -0.2) is 29.4 Å². The summed E-state index contributed by atoms with van der Waals surface area (Å²) < 4.78 is 5.14. The highest BCUT2D eigenvalue weighted by Gasteiger charge is 2.11. The average molecular weight is 251 g/mol. The number of primary amides is 1. The van der Waals surface area contributed by atoms with Gasteiger partial charge in [-0.1, -0.05) is 0 Å². The Bertz CT molecular complexity index is 456. The van der Waals surface area contributed by atoms with Gasteiger partial charge < -0.3 is 15.6 Å². The molecule has 0 heterocycles. The Morgan fingerprint density at radius 2 is 2.06 bits per heavy atom. The van der Waals surface area contributed by atoms with Gasteiger partial charge in [-0.2, -0.15) is 5.10 Å². The van der Waals surface area contributed by atoms with Crippen LogP contribution < -0.4 is 15.9 Å². The molecule has 0 fully saturated rings. The van der Waals surface area contributed by atoms with Gasteiger partial charge in [0.2, 0.25) is 0 Å². The highest BCUT2D eigenvalue weighted by atomic mass is 16.5. The second kappa shape index (κ2) is 6.24. The molecule has 1 rings (SSSR count). The number of benzene rings is 1. The molecule has 0 spiro atoms. The van der Waals surface area contributed by atoms with Crippen molar-refractivity contribution in [2.75, 3.05) is 0 Å². The van der Waals surface area contributed by atoms with Gasteiger partial charge in [0.25, 0.3) is 0 Å². The predicted octanol–water partition coefficient (Wildman–Crippen LogP) is 0.541. The highest BCUT2D eigenvalue weighted by molar-refractivity contribution is 5.81. The predicted molar refractivity (Wildman–Crippen MR) is 64.5 cm³/mol. The number of urea groups is 1. The molecule has 18 heavy (non-hydrogen) atoms. The van der Waals surface area contributed by atoms with Crippen molar-refractivity contribution in [1.29, 1.82) is 0 Å². The summed E-state index contributed by atoms with van der Waals surface area (Å²) in [6.07, 6.45) is 0.482. The number of hydrogen-bond acceptors (Lipinski definition) is 4. The average Bonchev–Trinajstić information content (AvgIpc) is 2.30. The third kappa shape index (κ3) is 4.52. The number of nitrogens with two attached hydrogens (primary N) is 1. The Morgan fingerprint density at radius 1 is 1.44 bits per heavy atom. The van der Waals surface area contributed by atoms with Gasteiger partial charge in [-0.15, -0.1) is 0 Å². The fraction of sp³-hybridized carbons (Fsp3) is 0.182. The van der Waals surface area contributed by atoms with E-state index in [1.165, 1.54) is 13.1 Å². The summed E-state index contributed by atoms with van der Waals surface area (Å²) in [6, 6.07) is 5.78. The SMILES string of the molecule is C[C@H](Oc1ccc(/C=N\NC(N)=O)cc1)C(=O)O. The first kappa shape index (κ1) is 13.5. The van der Waals surface area contributed by atoms with Crippen LogP contribution >= 0.6 is 0 Å². The zero-order valence-corrected chi connectivity index (χ0v) is 9.66. The molecule has 4 N–H and O–H groups in total. The molecule has 0 aliphatic rings. The Labute approximate surface area is 103 Å². The maximum Gasteiger partial charge on any atom is 0.344 e. The molecule has 0 bridgehead atoms. The largest absolute Gasteiger partial charge is 0.479 e. The zero-order valence-electron chi connectivity index (χ0n) is 9.66. The van der Waals surface area contributed by atoms with E-state index in [0.717, 1.165) is 0 Å². The summed E-state index contributed by atoms with van der Waals surface area (Å²) in [6.45, 7) is 1.44. The van der Waals surface area contributed by atoms with Gasteiger partial charge in [0.1, 0.15) is 5.75 Å². The summed E-state index contributed by atoms with van der Waals surface area (Å²) in [5.74, 6) is -0.601. The number of carbonyl (C=O) groups excluding carboxylic acids is 1. The maximum absolute atomic E-state index is 10.6. The molecule has 2 amide bonds. The quantitative estimate of drug-likeness (QED) is 0.523. The Kier molecular flexibility index (Phi) is 4.67. The molecular weight excluding hydrogens is 238 g/mol. The molecule has 1 atom stereocenters. The number of hydrazone groups is 1. The molecular formula is C11H13N3O4. The smallest absolute Gasteiger partial charge is 0.344 e. The van der Waals surface area contributed by atoms with E-state index in [1.54, 1.807) is 24.3 Å². The lowest BCUT2D eigenvalue weighted by molar-refractivity contribution is -0.144. The Morgan fingerprint density at radius 3 is 2.56 bits per heavy atom. The lowest BCUT2D eigenvalue weighted by Gasteiger charge is -2.09. The zero-order chi connectivity index (χ0) is 13.5. The molecule has 96 valence electrons. The molecule has 7 heteroatoms. The Hall–Kier alpha value is -2.57. The van der Waals surface area contributed by atoms with Crippen molar-refractivity contribution in [2.45, 2.75) is 13.0 Å². The van der Waals surface area contributed by atoms with Crippen LogP contribution in [0, 0.1) is 0 Å². The lowest BCUT2D eigenvalue weighted by Crippen LogP contribution is -2.24. The van der Waals surface area contributed by atoms with Crippen LogP contribution in [0.2, 0.25) is 0 Å². The third-order valence-corrected chi connectivity index (χ3v) is 1.93. The van der Waals surface area contributed by atoms with Crippen LogP contribution in [-0.2, 0) is 4.79 Å².